The lowest BCUT2D eigenvalue weighted by molar-refractivity contribution is -0.116. The van der Waals surface area contributed by atoms with Gasteiger partial charge in [0.1, 0.15) is 5.75 Å². The van der Waals surface area contributed by atoms with Gasteiger partial charge in [0.05, 0.1) is 37.2 Å². The first kappa shape index (κ1) is 23.7. The van der Waals surface area contributed by atoms with Crippen molar-refractivity contribution < 1.29 is 14.3 Å². The van der Waals surface area contributed by atoms with Gasteiger partial charge in [-0.3, -0.25) is 9.78 Å². The van der Waals surface area contributed by atoms with Crippen LogP contribution in [0.5, 0.6) is 5.75 Å². The molecule has 0 unspecified atom stereocenters. The summed E-state index contributed by atoms with van der Waals surface area (Å²) in [4.78, 5) is 19.5. The topological polar surface area (TPSA) is 80.7 Å². The standard InChI is InChI=1S/C25H29N5O3S/c1-32-17-16-29-14-7-10-20(29)24-23(19-9-5-6-13-26-19)28-25(34)30(24)15-12-22(31)27-18-8-3-4-11-21(18)33-2/h3-11,13-14,23-24H,12,15-17H2,1-2H3,(H,27,31)(H,28,34)/t23-,24-/m0/s1. The molecule has 9 heteroatoms. The molecule has 0 spiro atoms. The number of carbonyl (C=O) groups excluding carboxylic acids is 1. The molecule has 2 atom stereocenters. The molecule has 178 valence electrons. The van der Waals surface area contributed by atoms with Crippen molar-refractivity contribution in [3.8, 4) is 5.75 Å². The van der Waals surface area contributed by atoms with E-state index < -0.39 is 0 Å². The van der Waals surface area contributed by atoms with Gasteiger partial charge in [0.25, 0.3) is 0 Å². The fourth-order valence-electron chi connectivity index (χ4n) is 4.24. The third-order valence-corrected chi connectivity index (χ3v) is 6.21. The predicted molar refractivity (Wildman–Crippen MR) is 135 cm³/mol. The van der Waals surface area contributed by atoms with Crippen molar-refractivity contribution in [2.24, 2.45) is 0 Å². The van der Waals surface area contributed by atoms with Crippen LogP contribution in [0.2, 0.25) is 0 Å². The number of nitrogens with zero attached hydrogens (tertiary/aromatic N) is 3. The summed E-state index contributed by atoms with van der Waals surface area (Å²) in [6.45, 7) is 1.78. The van der Waals surface area contributed by atoms with Crippen LogP contribution in [0, 0.1) is 0 Å². The molecule has 4 rings (SSSR count). The minimum absolute atomic E-state index is 0.109. The van der Waals surface area contributed by atoms with Crippen LogP contribution in [0.1, 0.15) is 29.9 Å². The summed E-state index contributed by atoms with van der Waals surface area (Å²) in [7, 11) is 3.28. The zero-order valence-corrected chi connectivity index (χ0v) is 20.1. The van der Waals surface area contributed by atoms with Crippen molar-refractivity contribution in [2.75, 3.05) is 32.7 Å². The summed E-state index contributed by atoms with van der Waals surface area (Å²) in [6.07, 6.45) is 4.09. The number of nitrogens with one attached hydrogen (secondary N) is 2. The fourth-order valence-corrected chi connectivity index (χ4v) is 4.57. The van der Waals surface area contributed by atoms with Gasteiger partial charge in [0, 0.05) is 44.7 Å². The quantitative estimate of drug-likeness (QED) is 0.431. The van der Waals surface area contributed by atoms with E-state index in [9.17, 15) is 4.79 Å². The fraction of sp³-hybridized carbons (Fsp3) is 0.320. The van der Waals surface area contributed by atoms with E-state index in [2.05, 4.69) is 31.2 Å². The van der Waals surface area contributed by atoms with Crippen LogP contribution in [0.25, 0.3) is 0 Å². The molecule has 0 radical (unpaired) electrons. The van der Waals surface area contributed by atoms with Gasteiger partial charge in [-0.25, -0.2) is 0 Å². The Morgan fingerprint density at radius 2 is 1.94 bits per heavy atom. The number of hydrogen-bond donors (Lipinski definition) is 2. The Balaban J connectivity index is 1.55. The van der Waals surface area contributed by atoms with E-state index in [4.69, 9.17) is 21.7 Å². The molecule has 1 saturated heterocycles. The Kier molecular flexibility index (Phi) is 7.76. The number of aromatic nitrogens is 2. The van der Waals surface area contributed by atoms with E-state index in [0.717, 1.165) is 17.9 Å². The molecule has 0 saturated carbocycles. The van der Waals surface area contributed by atoms with E-state index in [0.29, 0.717) is 29.7 Å². The Labute approximate surface area is 204 Å². The highest BCUT2D eigenvalue weighted by Crippen LogP contribution is 2.38. The minimum Gasteiger partial charge on any atom is -0.495 e. The lowest BCUT2D eigenvalue weighted by Gasteiger charge is -2.28. The first-order valence-electron chi connectivity index (χ1n) is 11.2. The summed E-state index contributed by atoms with van der Waals surface area (Å²) in [6, 6.07) is 17.1. The predicted octanol–water partition coefficient (Wildman–Crippen LogP) is 3.54. The second-order valence-corrected chi connectivity index (χ2v) is 8.32. The van der Waals surface area contributed by atoms with Crippen LogP contribution < -0.4 is 15.4 Å². The summed E-state index contributed by atoms with van der Waals surface area (Å²) >= 11 is 5.72. The second-order valence-electron chi connectivity index (χ2n) is 7.94. The number of thiocarbonyl (C=S) groups is 1. The zero-order valence-electron chi connectivity index (χ0n) is 19.3. The molecule has 3 heterocycles. The number of pyridine rings is 1. The first-order valence-corrected chi connectivity index (χ1v) is 11.6. The minimum atomic E-state index is -0.137. The Bertz CT molecular complexity index is 1120. The molecule has 3 aromatic rings. The third-order valence-electron chi connectivity index (χ3n) is 5.86. The molecular formula is C25H29N5O3S. The average Bonchev–Trinajstić information content (AvgIpc) is 3.45. The highest BCUT2D eigenvalue weighted by molar-refractivity contribution is 7.80. The van der Waals surface area contributed by atoms with Gasteiger partial charge in [0.2, 0.25) is 5.91 Å². The van der Waals surface area contributed by atoms with Gasteiger partial charge >= 0.3 is 0 Å². The maximum atomic E-state index is 12.8. The monoisotopic (exact) mass is 479 g/mol. The van der Waals surface area contributed by atoms with E-state index in [1.54, 1.807) is 20.4 Å². The average molecular weight is 480 g/mol. The van der Waals surface area contributed by atoms with Crippen LogP contribution in [0.15, 0.2) is 67.0 Å². The Hall–Kier alpha value is -3.43. The number of ether oxygens (including phenoxy) is 2. The highest BCUT2D eigenvalue weighted by atomic mass is 32.1. The van der Waals surface area contributed by atoms with Gasteiger partial charge in [-0.05, 0) is 48.6 Å². The van der Waals surface area contributed by atoms with E-state index in [1.165, 1.54) is 0 Å². The molecular weight excluding hydrogens is 450 g/mol. The SMILES string of the molecule is COCCn1cccc1[C@H]1[C@H](c2ccccn2)NC(=S)N1CCC(=O)Nc1ccccc1OC. The van der Waals surface area contributed by atoms with Gasteiger partial charge < -0.3 is 29.6 Å². The Morgan fingerprint density at radius 3 is 2.71 bits per heavy atom. The molecule has 1 fully saturated rings. The highest BCUT2D eigenvalue weighted by Gasteiger charge is 2.41. The van der Waals surface area contributed by atoms with Gasteiger partial charge in [-0.2, -0.15) is 0 Å². The van der Waals surface area contributed by atoms with Gasteiger partial charge in [-0.15, -0.1) is 0 Å². The summed E-state index contributed by atoms with van der Waals surface area (Å²) in [5.74, 6) is 0.514. The van der Waals surface area contributed by atoms with Crippen molar-refractivity contribution in [2.45, 2.75) is 25.0 Å². The van der Waals surface area contributed by atoms with Crippen molar-refractivity contribution >= 4 is 28.9 Å². The summed E-state index contributed by atoms with van der Waals surface area (Å²) in [5, 5.41) is 6.98. The number of methoxy groups -OCH3 is 2. The van der Waals surface area contributed by atoms with Crippen LogP contribution in [-0.4, -0.2) is 52.8 Å². The van der Waals surface area contributed by atoms with Crippen LogP contribution in [0.3, 0.4) is 0 Å². The van der Waals surface area contributed by atoms with Crippen molar-refractivity contribution in [3.05, 3.63) is 78.4 Å². The summed E-state index contributed by atoms with van der Waals surface area (Å²) < 4.78 is 12.8. The van der Waals surface area contributed by atoms with Crippen LogP contribution in [0.4, 0.5) is 5.69 Å². The lowest BCUT2D eigenvalue weighted by atomic mass is 10.0. The number of carbonyl (C=O) groups is 1. The van der Waals surface area contributed by atoms with Crippen molar-refractivity contribution in [1.82, 2.24) is 19.8 Å². The molecule has 1 aliphatic rings. The zero-order chi connectivity index (χ0) is 23.9. The second kappa shape index (κ2) is 11.1. The number of hydrogen-bond acceptors (Lipinski definition) is 5. The number of benzene rings is 1. The third kappa shape index (κ3) is 5.21. The molecule has 1 aromatic carbocycles. The van der Waals surface area contributed by atoms with E-state index in [-0.39, 0.29) is 24.4 Å². The number of rotatable bonds is 10. The summed E-state index contributed by atoms with van der Waals surface area (Å²) in [5.41, 5.74) is 2.63. The van der Waals surface area contributed by atoms with E-state index in [1.807, 2.05) is 54.7 Å². The first-order chi connectivity index (χ1) is 16.6. The number of anilines is 1. The maximum absolute atomic E-state index is 12.8. The molecule has 0 aliphatic carbocycles. The largest absolute Gasteiger partial charge is 0.495 e. The normalized spacial score (nSPS) is 17.5. The molecule has 2 aromatic heterocycles. The van der Waals surface area contributed by atoms with E-state index >= 15 is 0 Å². The van der Waals surface area contributed by atoms with Crippen molar-refractivity contribution in [1.29, 1.82) is 0 Å². The smallest absolute Gasteiger partial charge is 0.226 e. The molecule has 8 nitrogen and oxygen atoms in total. The van der Waals surface area contributed by atoms with Gasteiger partial charge in [0.15, 0.2) is 5.11 Å². The maximum Gasteiger partial charge on any atom is 0.226 e. The number of amides is 1. The van der Waals surface area contributed by atoms with Crippen LogP contribution in [-0.2, 0) is 16.1 Å². The van der Waals surface area contributed by atoms with Crippen LogP contribution >= 0.6 is 12.2 Å². The molecule has 34 heavy (non-hydrogen) atoms. The van der Waals surface area contributed by atoms with Gasteiger partial charge in [-0.1, -0.05) is 18.2 Å². The lowest BCUT2D eigenvalue weighted by Crippen LogP contribution is -2.33. The Morgan fingerprint density at radius 1 is 1.12 bits per heavy atom. The molecule has 0 bridgehead atoms. The molecule has 1 amide bonds. The molecule has 2 N–H and O–H groups in total. The number of para-hydroxylation sites is 2. The molecule has 1 aliphatic heterocycles. The van der Waals surface area contributed by atoms with Crippen molar-refractivity contribution in [3.63, 3.8) is 0 Å².